The van der Waals surface area contributed by atoms with Crippen molar-refractivity contribution in [2.45, 2.75) is 6.42 Å². The summed E-state index contributed by atoms with van der Waals surface area (Å²) in [6, 6.07) is 6.84. The number of aromatic amines is 1. The van der Waals surface area contributed by atoms with E-state index in [1.54, 1.807) is 6.07 Å². The lowest BCUT2D eigenvalue weighted by atomic mass is 10.0. The van der Waals surface area contributed by atoms with Gasteiger partial charge in [0.2, 0.25) is 0 Å². The van der Waals surface area contributed by atoms with Crippen LogP contribution in [-0.4, -0.2) is 33.4 Å². The van der Waals surface area contributed by atoms with Crippen LogP contribution in [0.1, 0.15) is 21.6 Å². The number of hydrogen-bond donors (Lipinski definition) is 2. The number of fused-ring (bicyclic) bond motifs is 3. The summed E-state index contributed by atoms with van der Waals surface area (Å²) in [4.78, 5) is 28.6. The zero-order valence-electron chi connectivity index (χ0n) is 14.3. The monoisotopic (exact) mass is 386 g/mol. The Bertz CT molecular complexity index is 1170. The second-order valence-electron chi connectivity index (χ2n) is 6.39. The number of halogens is 3. The average molecular weight is 386 g/mol. The Morgan fingerprint density at radius 1 is 1.04 bits per heavy atom. The lowest BCUT2D eigenvalue weighted by molar-refractivity contribution is -0.130. The molecule has 1 aromatic heterocycles. The van der Waals surface area contributed by atoms with E-state index in [9.17, 15) is 27.9 Å². The van der Waals surface area contributed by atoms with Gasteiger partial charge in [-0.15, -0.1) is 0 Å². The van der Waals surface area contributed by atoms with Gasteiger partial charge in [0.1, 0.15) is 5.82 Å². The number of aliphatic carboxylic acids is 1. The first-order chi connectivity index (χ1) is 13.3. The Morgan fingerprint density at radius 3 is 2.54 bits per heavy atom. The maximum absolute atomic E-state index is 13.5. The molecule has 0 saturated carbocycles. The molecule has 142 valence electrons. The third kappa shape index (κ3) is 2.92. The van der Waals surface area contributed by atoms with E-state index < -0.39 is 29.3 Å². The van der Waals surface area contributed by atoms with Gasteiger partial charge in [0.05, 0.1) is 11.3 Å². The highest BCUT2D eigenvalue weighted by Gasteiger charge is 2.27. The van der Waals surface area contributed by atoms with Crippen LogP contribution in [0.25, 0.3) is 16.5 Å². The zero-order valence-corrected chi connectivity index (χ0v) is 14.3. The van der Waals surface area contributed by atoms with Gasteiger partial charge in [0.15, 0.2) is 11.6 Å². The first kappa shape index (κ1) is 17.8. The number of carboxylic acid groups (broad SMARTS) is 1. The number of rotatable bonds is 2. The fraction of sp³-hybridized carbons (Fsp3) is 0.100. The molecule has 0 spiro atoms. The first-order valence-electron chi connectivity index (χ1n) is 8.37. The van der Waals surface area contributed by atoms with E-state index in [1.807, 2.05) is 0 Å². The maximum atomic E-state index is 13.5. The van der Waals surface area contributed by atoms with Crippen LogP contribution in [0.4, 0.5) is 13.2 Å². The van der Waals surface area contributed by atoms with Crippen LogP contribution in [0.2, 0.25) is 0 Å². The van der Waals surface area contributed by atoms with Crippen LogP contribution < -0.4 is 0 Å². The molecule has 1 amide bonds. The Kier molecular flexibility index (Phi) is 4.18. The van der Waals surface area contributed by atoms with Gasteiger partial charge < -0.3 is 15.0 Å². The Hall–Kier alpha value is -3.55. The minimum atomic E-state index is -1.28. The van der Waals surface area contributed by atoms with Crippen molar-refractivity contribution >= 4 is 28.4 Å². The van der Waals surface area contributed by atoms with E-state index >= 15 is 0 Å². The Balaban J connectivity index is 1.79. The summed E-state index contributed by atoms with van der Waals surface area (Å²) in [5.74, 6) is -4.64. The van der Waals surface area contributed by atoms with Crippen molar-refractivity contribution in [1.82, 2.24) is 9.88 Å². The molecule has 2 heterocycles. The van der Waals surface area contributed by atoms with E-state index in [0.717, 1.165) is 29.3 Å². The van der Waals surface area contributed by atoms with Crippen LogP contribution >= 0.6 is 0 Å². The molecule has 3 aromatic rings. The van der Waals surface area contributed by atoms with E-state index in [2.05, 4.69) is 4.98 Å². The molecule has 0 atom stereocenters. The summed E-state index contributed by atoms with van der Waals surface area (Å²) >= 11 is 0. The molecule has 1 aliphatic rings. The summed E-state index contributed by atoms with van der Waals surface area (Å²) in [7, 11) is 0. The normalized spacial score (nSPS) is 13.8. The molecule has 8 heteroatoms. The molecule has 28 heavy (non-hydrogen) atoms. The van der Waals surface area contributed by atoms with Crippen molar-refractivity contribution in [2.24, 2.45) is 0 Å². The lowest BCUT2D eigenvalue weighted by Crippen LogP contribution is -2.28. The minimum absolute atomic E-state index is 0.0996. The topological polar surface area (TPSA) is 73.4 Å². The predicted molar refractivity (Wildman–Crippen MR) is 95.0 cm³/mol. The number of benzene rings is 2. The standard InChI is InChI=1S/C20H13F3N2O3/c21-11-2-3-12-13-5-6-25(19(26)10-1-4-15(22)16(23)7-10)9-14(20(27)28)18(13)24-17(12)8-11/h1-4,7-9,24H,5-6H2,(H,27,28). The van der Waals surface area contributed by atoms with Gasteiger partial charge in [0.25, 0.3) is 5.91 Å². The highest BCUT2D eigenvalue weighted by atomic mass is 19.2. The third-order valence-corrected chi connectivity index (χ3v) is 4.68. The zero-order chi connectivity index (χ0) is 20.0. The number of nitrogens with zero attached hydrogens (tertiary/aromatic N) is 1. The van der Waals surface area contributed by atoms with E-state index in [0.29, 0.717) is 22.9 Å². The molecular formula is C20H13F3N2O3. The molecule has 0 radical (unpaired) electrons. The molecule has 1 aliphatic heterocycles. The molecule has 4 rings (SSSR count). The van der Waals surface area contributed by atoms with Crippen LogP contribution in [-0.2, 0) is 11.2 Å². The van der Waals surface area contributed by atoms with Crippen molar-refractivity contribution in [1.29, 1.82) is 0 Å². The second kappa shape index (κ2) is 6.56. The van der Waals surface area contributed by atoms with Gasteiger partial charge in [-0.25, -0.2) is 18.0 Å². The fourth-order valence-electron chi connectivity index (χ4n) is 3.35. The van der Waals surface area contributed by atoms with Crippen LogP contribution in [0.15, 0.2) is 42.6 Å². The molecular weight excluding hydrogens is 373 g/mol. The number of hydrogen-bond acceptors (Lipinski definition) is 2. The van der Waals surface area contributed by atoms with Crippen LogP contribution in [0, 0.1) is 17.5 Å². The van der Waals surface area contributed by atoms with Crippen molar-refractivity contribution in [3.63, 3.8) is 0 Å². The molecule has 0 bridgehead atoms. The van der Waals surface area contributed by atoms with E-state index in [-0.39, 0.29) is 23.4 Å². The fourth-order valence-corrected chi connectivity index (χ4v) is 3.35. The molecule has 5 nitrogen and oxygen atoms in total. The summed E-state index contributed by atoms with van der Waals surface area (Å²) < 4.78 is 40.1. The molecule has 0 fully saturated rings. The van der Waals surface area contributed by atoms with Gasteiger partial charge in [-0.2, -0.15) is 0 Å². The van der Waals surface area contributed by atoms with Crippen LogP contribution in [0.3, 0.4) is 0 Å². The highest BCUT2D eigenvalue weighted by molar-refractivity contribution is 6.17. The van der Waals surface area contributed by atoms with Crippen molar-refractivity contribution in [3.8, 4) is 0 Å². The first-order valence-corrected chi connectivity index (χ1v) is 8.37. The lowest BCUT2D eigenvalue weighted by Gasteiger charge is -2.17. The number of carbonyl (C=O) groups is 2. The molecule has 2 N–H and O–H groups in total. The average Bonchev–Trinajstić information content (AvgIpc) is 2.89. The summed E-state index contributed by atoms with van der Waals surface area (Å²) in [5, 5.41) is 10.3. The number of carboxylic acids is 1. The number of carbonyl (C=O) groups excluding carboxylic acids is 1. The summed E-state index contributed by atoms with van der Waals surface area (Å²) in [6.45, 7) is 0.117. The third-order valence-electron chi connectivity index (χ3n) is 4.68. The van der Waals surface area contributed by atoms with Gasteiger partial charge >= 0.3 is 5.97 Å². The predicted octanol–water partition coefficient (Wildman–Crippen LogP) is 3.71. The molecule has 0 aliphatic carbocycles. The summed E-state index contributed by atoms with van der Waals surface area (Å²) in [5.41, 5.74) is 1.10. The summed E-state index contributed by atoms with van der Waals surface area (Å²) in [6.07, 6.45) is 1.45. The van der Waals surface area contributed by atoms with Gasteiger partial charge in [-0.3, -0.25) is 4.79 Å². The minimum Gasteiger partial charge on any atom is -0.478 e. The molecule has 0 saturated heterocycles. The van der Waals surface area contributed by atoms with E-state index in [4.69, 9.17) is 0 Å². The second-order valence-corrected chi connectivity index (χ2v) is 6.39. The maximum Gasteiger partial charge on any atom is 0.339 e. The van der Waals surface area contributed by atoms with Crippen molar-refractivity contribution in [3.05, 3.63) is 76.9 Å². The van der Waals surface area contributed by atoms with Crippen molar-refractivity contribution < 1.29 is 27.9 Å². The van der Waals surface area contributed by atoms with Crippen molar-refractivity contribution in [2.75, 3.05) is 6.54 Å². The van der Waals surface area contributed by atoms with Gasteiger partial charge in [-0.05, 0) is 48.4 Å². The Labute approximate surface area is 156 Å². The number of aromatic nitrogens is 1. The number of H-pyrrole nitrogens is 1. The smallest absolute Gasteiger partial charge is 0.339 e. The number of nitrogens with one attached hydrogen (secondary N) is 1. The SMILES string of the molecule is O=C(O)C1=CN(C(=O)c2ccc(F)c(F)c2)CCc2c1[nH]c1cc(F)ccc21. The van der Waals surface area contributed by atoms with Gasteiger partial charge in [0, 0.05) is 29.2 Å². The van der Waals surface area contributed by atoms with Crippen LogP contribution in [0.5, 0.6) is 0 Å². The number of amides is 1. The highest BCUT2D eigenvalue weighted by Crippen LogP contribution is 2.31. The van der Waals surface area contributed by atoms with Gasteiger partial charge in [-0.1, -0.05) is 0 Å². The Morgan fingerprint density at radius 2 is 1.82 bits per heavy atom. The quantitative estimate of drug-likeness (QED) is 0.705. The molecule has 0 unspecified atom stereocenters. The van der Waals surface area contributed by atoms with E-state index in [1.165, 1.54) is 12.1 Å². The largest absolute Gasteiger partial charge is 0.478 e. The molecule has 2 aromatic carbocycles.